The molecule has 0 unspecified atom stereocenters. The number of aromatic nitrogens is 2. The van der Waals surface area contributed by atoms with Gasteiger partial charge in [0.15, 0.2) is 5.82 Å². The number of nitrogens with zero attached hydrogens (tertiary/aromatic N) is 3. The van der Waals surface area contributed by atoms with Crippen molar-refractivity contribution in [1.82, 2.24) is 20.4 Å². The van der Waals surface area contributed by atoms with Crippen molar-refractivity contribution in [3.63, 3.8) is 0 Å². The number of hydrogen-bond acceptors (Lipinski definition) is 5. The summed E-state index contributed by atoms with van der Waals surface area (Å²) >= 11 is 0. The van der Waals surface area contributed by atoms with Gasteiger partial charge < -0.3 is 14.7 Å². The van der Waals surface area contributed by atoms with Crippen molar-refractivity contribution < 1.29 is 14.1 Å². The fourth-order valence-electron chi connectivity index (χ4n) is 4.96. The molecule has 2 aromatic rings. The quantitative estimate of drug-likeness (QED) is 0.776. The van der Waals surface area contributed by atoms with Gasteiger partial charge in [-0.1, -0.05) is 49.5 Å². The van der Waals surface area contributed by atoms with E-state index in [1.165, 1.54) is 0 Å². The summed E-state index contributed by atoms with van der Waals surface area (Å²) in [4.78, 5) is 33.3. The summed E-state index contributed by atoms with van der Waals surface area (Å²) in [6.45, 7) is 7.41. The summed E-state index contributed by atoms with van der Waals surface area (Å²) in [7, 11) is 0. The second-order valence-electron chi connectivity index (χ2n) is 9.56. The molecule has 172 valence electrons. The summed E-state index contributed by atoms with van der Waals surface area (Å²) in [5.74, 6) is 1.19. The molecule has 7 heteroatoms. The molecule has 1 N–H and O–H groups in total. The van der Waals surface area contributed by atoms with Crippen LogP contribution in [-0.2, 0) is 4.79 Å². The van der Waals surface area contributed by atoms with Gasteiger partial charge in [0.05, 0.1) is 5.92 Å². The van der Waals surface area contributed by atoms with Crippen LogP contribution in [0.1, 0.15) is 91.8 Å². The molecule has 0 radical (unpaired) electrons. The van der Waals surface area contributed by atoms with Crippen LogP contribution in [-0.4, -0.2) is 46.0 Å². The predicted molar refractivity (Wildman–Crippen MR) is 121 cm³/mol. The standard InChI is InChI=1S/C25H34N4O3/c1-16(2)22-27-24(32-28-22)19-14-20-21(15-19)29(12-7-5-4-6-11-26-23(20)30)25(31)18-10-8-9-17(3)13-18/h8-10,13,16,19-21H,4-7,11-12,14-15H2,1-3H3,(H,26,30)/t19-,20-,21+/m1/s1. The molecule has 2 amide bonds. The maximum absolute atomic E-state index is 13.6. The van der Waals surface area contributed by atoms with Crippen molar-refractivity contribution in [2.45, 2.75) is 77.2 Å². The number of aryl methyl sites for hydroxylation is 1. The van der Waals surface area contributed by atoms with E-state index >= 15 is 0 Å². The van der Waals surface area contributed by atoms with Crippen molar-refractivity contribution in [3.8, 4) is 0 Å². The molecule has 0 bridgehead atoms. The van der Waals surface area contributed by atoms with Gasteiger partial charge in [0, 0.05) is 36.5 Å². The predicted octanol–water partition coefficient (Wildman–Crippen LogP) is 4.20. The first-order chi connectivity index (χ1) is 15.4. The lowest BCUT2D eigenvalue weighted by Crippen LogP contribution is -2.47. The summed E-state index contributed by atoms with van der Waals surface area (Å²) in [6, 6.07) is 7.53. The lowest BCUT2D eigenvalue weighted by atomic mass is 9.99. The van der Waals surface area contributed by atoms with E-state index in [9.17, 15) is 9.59 Å². The van der Waals surface area contributed by atoms with E-state index in [2.05, 4.69) is 15.5 Å². The zero-order valence-corrected chi connectivity index (χ0v) is 19.3. The van der Waals surface area contributed by atoms with Crippen LogP contribution in [0.15, 0.2) is 28.8 Å². The van der Waals surface area contributed by atoms with Gasteiger partial charge >= 0.3 is 0 Å². The van der Waals surface area contributed by atoms with Crippen LogP contribution in [0.5, 0.6) is 0 Å². The Morgan fingerprint density at radius 3 is 2.75 bits per heavy atom. The molecule has 32 heavy (non-hydrogen) atoms. The molecule has 2 heterocycles. The molecule has 1 aromatic heterocycles. The van der Waals surface area contributed by atoms with Gasteiger partial charge in [-0.25, -0.2) is 0 Å². The average Bonchev–Trinajstić information content (AvgIpc) is 3.42. The summed E-state index contributed by atoms with van der Waals surface area (Å²) < 4.78 is 5.58. The molecular formula is C25H34N4O3. The normalized spacial score (nSPS) is 24.7. The van der Waals surface area contributed by atoms with Crippen LogP contribution in [0, 0.1) is 12.8 Å². The molecule has 4 rings (SSSR count). The molecule has 7 nitrogen and oxygen atoms in total. The van der Waals surface area contributed by atoms with Crippen molar-refractivity contribution in [2.75, 3.05) is 13.1 Å². The highest BCUT2D eigenvalue weighted by molar-refractivity contribution is 5.95. The largest absolute Gasteiger partial charge is 0.356 e. The van der Waals surface area contributed by atoms with Gasteiger partial charge in [-0.15, -0.1) is 0 Å². The summed E-state index contributed by atoms with van der Waals surface area (Å²) in [5.41, 5.74) is 1.74. The SMILES string of the molecule is Cc1cccc(C(=O)N2CCCCCCNC(=O)[C@@H]3C[C@@H](c4nc(C(C)C)no4)C[C@@H]32)c1. The highest BCUT2D eigenvalue weighted by Gasteiger charge is 2.45. The van der Waals surface area contributed by atoms with Crippen LogP contribution < -0.4 is 5.32 Å². The topological polar surface area (TPSA) is 88.3 Å². The van der Waals surface area contributed by atoms with Gasteiger partial charge in [0.1, 0.15) is 0 Å². The summed E-state index contributed by atoms with van der Waals surface area (Å²) in [6.07, 6.45) is 5.31. The fraction of sp³-hybridized carbons (Fsp3) is 0.600. The fourth-order valence-corrected chi connectivity index (χ4v) is 4.96. The molecule has 1 aliphatic carbocycles. The van der Waals surface area contributed by atoms with Crippen molar-refractivity contribution in [3.05, 3.63) is 47.1 Å². The van der Waals surface area contributed by atoms with E-state index in [4.69, 9.17) is 4.52 Å². The zero-order chi connectivity index (χ0) is 22.7. The lowest BCUT2D eigenvalue weighted by molar-refractivity contribution is -0.126. The number of carbonyl (C=O) groups excluding carboxylic acids is 2. The minimum absolute atomic E-state index is 0.00444. The van der Waals surface area contributed by atoms with Crippen LogP contribution in [0.25, 0.3) is 0 Å². The third-order valence-electron chi connectivity index (χ3n) is 6.74. The van der Waals surface area contributed by atoms with Gasteiger partial charge in [-0.05, 0) is 44.7 Å². The molecular weight excluding hydrogens is 404 g/mol. The Morgan fingerprint density at radius 1 is 1.19 bits per heavy atom. The molecule has 1 saturated carbocycles. The van der Waals surface area contributed by atoms with E-state index in [1.54, 1.807) is 0 Å². The van der Waals surface area contributed by atoms with Gasteiger partial charge in [-0.2, -0.15) is 4.98 Å². The molecule has 1 saturated heterocycles. The first-order valence-electron chi connectivity index (χ1n) is 11.9. The van der Waals surface area contributed by atoms with Crippen LogP contribution in [0.4, 0.5) is 0 Å². The van der Waals surface area contributed by atoms with Gasteiger partial charge in [-0.3, -0.25) is 9.59 Å². The molecule has 1 aromatic carbocycles. The highest BCUT2D eigenvalue weighted by atomic mass is 16.5. The van der Waals surface area contributed by atoms with E-state index in [0.29, 0.717) is 43.2 Å². The summed E-state index contributed by atoms with van der Waals surface area (Å²) in [5, 5.41) is 7.23. The molecule has 3 atom stereocenters. The number of carbonyl (C=O) groups is 2. The van der Waals surface area contributed by atoms with E-state index in [-0.39, 0.29) is 35.6 Å². The minimum atomic E-state index is -0.277. The number of nitrogens with one attached hydrogen (secondary N) is 1. The van der Waals surface area contributed by atoms with E-state index < -0.39 is 0 Å². The second kappa shape index (κ2) is 9.84. The second-order valence-corrected chi connectivity index (χ2v) is 9.56. The third kappa shape index (κ3) is 4.87. The molecule has 2 aliphatic rings. The van der Waals surface area contributed by atoms with Crippen LogP contribution in [0.2, 0.25) is 0 Å². The molecule has 0 spiro atoms. The number of amides is 2. The Morgan fingerprint density at radius 2 is 2.00 bits per heavy atom. The van der Waals surface area contributed by atoms with E-state index in [0.717, 1.165) is 31.2 Å². The maximum atomic E-state index is 13.6. The minimum Gasteiger partial charge on any atom is -0.356 e. The van der Waals surface area contributed by atoms with Crippen molar-refractivity contribution in [1.29, 1.82) is 0 Å². The Bertz CT molecular complexity index is 954. The van der Waals surface area contributed by atoms with Crippen molar-refractivity contribution in [2.24, 2.45) is 5.92 Å². The average molecular weight is 439 g/mol. The molecule has 2 fully saturated rings. The van der Waals surface area contributed by atoms with Crippen LogP contribution in [0.3, 0.4) is 0 Å². The smallest absolute Gasteiger partial charge is 0.254 e. The van der Waals surface area contributed by atoms with Gasteiger partial charge in [0.25, 0.3) is 5.91 Å². The van der Waals surface area contributed by atoms with Crippen LogP contribution >= 0.6 is 0 Å². The Hall–Kier alpha value is -2.70. The first-order valence-corrected chi connectivity index (χ1v) is 11.9. The Labute approximate surface area is 189 Å². The number of rotatable bonds is 3. The number of benzene rings is 1. The Balaban J connectivity index is 1.65. The zero-order valence-electron chi connectivity index (χ0n) is 19.3. The lowest BCUT2D eigenvalue weighted by Gasteiger charge is -2.32. The van der Waals surface area contributed by atoms with Crippen molar-refractivity contribution >= 4 is 11.8 Å². The maximum Gasteiger partial charge on any atom is 0.254 e. The third-order valence-corrected chi connectivity index (χ3v) is 6.74. The van der Waals surface area contributed by atoms with Gasteiger partial charge in [0.2, 0.25) is 11.8 Å². The number of hydrogen-bond donors (Lipinski definition) is 1. The Kier molecular flexibility index (Phi) is 6.92. The van der Waals surface area contributed by atoms with E-state index in [1.807, 2.05) is 49.9 Å². The number of fused-ring (bicyclic) bond motifs is 1. The first kappa shape index (κ1) is 22.5. The molecule has 1 aliphatic heterocycles. The monoisotopic (exact) mass is 438 g/mol. The highest BCUT2D eigenvalue weighted by Crippen LogP contribution is 2.41.